The third-order valence-electron chi connectivity index (χ3n) is 3.10. The summed E-state index contributed by atoms with van der Waals surface area (Å²) in [5.74, 6) is -0.269. The van der Waals surface area contributed by atoms with Gasteiger partial charge in [0.15, 0.2) is 11.6 Å². The lowest BCUT2D eigenvalue weighted by molar-refractivity contribution is -0.135. The maximum atomic E-state index is 11.8. The van der Waals surface area contributed by atoms with E-state index in [0.717, 1.165) is 24.8 Å². The summed E-state index contributed by atoms with van der Waals surface area (Å²) >= 11 is 0. The van der Waals surface area contributed by atoms with Gasteiger partial charge in [0.05, 0.1) is 12.5 Å². The first-order valence-electron chi connectivity index (χ1n) is 5.01. The number of ketones is 2. The van der Waals surface area contributed by atoms with E-state index in [9.17, 15) is 9.59 Å². The fourth-order valence-electron chi connectivity index (χ4n) is 2.40. The van der Waals surface area contributed by atoms with Crippen molar-refractivity contribution in [1.29, 1.82) is 0 Å². The average Bonchev–Trinajstić information content (AvgIpc) is 2.14. The molecule has 2 bridgehead atoms. The van der Waals surface area contributed by atoms with Crippen LogP contribution in [0.4, 0.5) is 0 Å². The highest BCUT2D eigenvalue weighted by molar-refractivity contribution is 6.12. The van der Waals surface area contributed by atoms with Crippen LogP contribution in [0, 0.1) is 11.8 Å². The van der Waals surface area contributed by atoms with Gasteiger partial charge in [0.1, 0.15) is 0 Å². The maximum Gasteiger partial charge on any atom is 0.166 e. The Bertz CT molecular complexity index is 304. The number of fused-ring (bicyclic) bond motifs is 2. The summed E-state index contributed by atoms with van der Waals surface area (Å²) in [5, 5.41) is 0. The monoisotopic (exact) mass is 194 g/mol. The van der Waals surface area contributed by atoms with Crippen LogP contribution in [0.15, 0.2) is 11.6 Å². The molecule has 0 saturated heterocycles. The van der Waals surface area contributed by atoms with Gasteiger partial charge in [-0.05, 0) is 24.5 Å². The van der Waals surface area contributed by atoms with E-state index in [-0.39, 0.29) is 23.4 Å². The van der Waals surface area contributed by atoms with E-state index in [0.29, 0.717) is 6.61 Å². The van der Waals surface area contributed by atoms with Crippen molar-refractivity contribution >= 4 is 11.6 Å². The van der Waals surface area contributed by atoms with Crippen LogP contribution >= 0.6 is 0 Å². The van der Waals surface area contributed by atoms with Gasteiger partial charge in [-0.15, -0.1) is 0 Å². The van der Waals surface area contributed by atoms with Crippen molar-refractivity contribution in [2.75, 3.05) is 13.7 Å². The average molecular weight is 194 g/mol. The highest BCUT2D eigenvalue weighted by Gasteiger charge is 2.40. The van der Waals surface area contributed by atoms with Crippen molar-refractivity contribution in [3.63, 3.8) is 0 Å². The fourth-order valence-corrected chi connectivity index (χ4v) is 2.40. The lowest BCUT2D eigenvalue weighted by atomic mass is 9.70. The summed E-state index contributed by atoms with van der Waals surface area (Å²) < 4.78 is 5.00. The molecule has 2 unspecified atom stereocenters. The Hall–Kier alpha value is -0.960. The minimum atomic E-state index is -0.339. The van der Waals surface area contributed by atoms with Gasteiger partial charge in [0.25, 0.3) is 0 Å². The van der Waals surface area contributed by atoms with Crippen LogP contribution in [0.1, 0.15) is 19.3 Å². The number of allylic oxidation sites excluding steroid dienone is 1. The van der Waals surface area contributed by atoms with Crippen molar-refractivity contribution in [2.45, 2.75) is 19.3 Å². The number of rotatable bonds is 2. The molecule has 1 fully saturated rings. The maximum absolute atomic E-state index is 11.8. The normalized spacial score (nSPS) is 31.6. The molecule has 0 aromatic carbocycles. The Balaban J connectivity index is 2.29. The number of carbonyl (C=O) groups is 2. The van der Waals surface area contributed by atoms with Crippen molar-refractivity contribution < 1.29 is 14.3 Å². The molecule has 0 spiro atoms. The lowest BCUT2D eigenvalue weighted by Gasteiger charge is -2.31. The summed E-state index contributed by atoms with van der Waals surface area (Å²) in [5.41, 5.74) is 0.874. The van der Waals surface area contributed by atoms with Gasteiger partial charge in [-0.1, -0.05) is 6.42 Å². The molecule has 0 aromatic rings. The summed E-state index contributed by atoms with van der Waals surface area (Å²) in [6.07, 6.45) is 4.23. The molecule has 0 heterocycles. The first-order chi connectivity index (χ1) is 6.74. The van der Waals surface area contributed by atoms with Crippen molar-refractivity contribution in [3.8, 4) is 0 Å². The Morgan fingerprint density at radius 1 is 1.36 bits per heavy atom. The predicted octanol–water partition coefficient (Wildman–Crippen LogP) is 1.13. The summed E-state index contributed by atoms with van der Waals surface area (Å²) in [6, 6.07) is 0. The number of methoxy groups -OCH3 is 1. The van der Waals surface area contributed by atoms with Crippen LogP contribution in [0.2, 0.25) is 0 Å². The number of ether oxygens (including phenoxy) is 1. The van der Waals surface area contributed by atoms with Crippen molar-refractivity contribution in [1.82, 2.24) is 0 Å². The minimum Gasteiger partial charge on any atom is -0.380 e. The van der Waals surface area contributed by atoms with E-state index in [2.05, 4.69) is 0 Å². The highest BCUT2D eigenvalue weighted by Crippen LogP contribution is 2.35. The van der Waals surface area contributed by atoms with Crippen LogP contribution in [-0.4, -0.2) is 25.3 Å². The van der Waals surface area contributed by atoms with Crippen LogP contribution in [0.25, 0.3) is 0 Å². The Labute approximate surface area is 83.1 Å². The SMILES string of the molecule is COCC1=CC(=O)C2CCCC1C2=O. The van der Waals surface area contributed by atoms with Crippen LogP contribution in [-0.2, 0) is 14.3 Å². The van der Waals surface area contributed by atoms with Gasteiger partial charge in [0.2, 0.25) is 0 Å². The minimum absolute atomic E-state index is 0.0157. The summed E-state index contributed by atoms with van der Waals surface area (Å²) in [6.45, 7) is 0.412. The third-order valence-corrected chi connectivity index (χ3v) is 3.10. The van der Waals surface area contributed by atoms with Crippen LogP contribution < -0.4 is 0 Å². The molecule has 0 aliphatic heterocycles. The zero-order valence-corrected chi connectivity index (χ0v) is 8.29. The standard InChI is InChI=1S/C11H14O3/c1-14-6-7-5-10(12)9-4-2-3-8(7)11(9)13/h5,8-9H,2-4,6H2,1H3. The molecule has 2 rings (SSSR count). The van der Waals surface area contributed by atoms with Gasteiger partial charge in [-0.3, -0.25) is 9.59 Å². The summed E-state index contributed by atoms with van der Waals surface area (Å²) in [7, 11) is 1.59. The van der Waals surface area contributed by atoms with Gasteiger partial charge < -0.3 is 4.74 Å². The van der Waals surface area contributed by atoms with Gasteiger partial charge >= 0.3 is 0 Å². The van der Waals surface area contributed by atoms with Gasteiger partial charge in [-0.25, -0.2) is 0 Å². The topological polar surface area (TPSA) is 43.4 Å². The molecule has 14 heavy (non-hydrogen) atoms. The smallest absolute Gasteiger partial charge is 0.166 e. The molecule has 2 aliphatic carbocycles. The molecule has 76 valence electrons. The summed E-state index contributed by atoms with van der Waals surface area (Å²) in [4.78, 5) is 23.3. The number of hydrogen-bond donors (Lipinski definition) is 0. The first kappa shape index (κ1) is 9.59. The Morgan fingerprint density at radius 2 is 2.07 bits per heavy atom. The third kappa shape index (κ3) is 1.42. The molecule has 0 amide bonds. The van der Waals surface area contributed by atoms with Gasteiger partial charge in [0, 0.05) is 13.0 Å². The lowest BCUT2D eigenvalue weighted by Crippen LogP contribution is -2.39. The molecular weight excluding hydrogens is 180 g/mol. The van der Waals surface area contributed by atoms with E-state index in [1.165, 1.54) is 0 Å². The van der Waals surface area contributed by atoms with E-state index in [1.54, 1.807) is 13.2 Å². The molecule has 1 saturated carbocycles. The molecular formula is C11H14O3. The second-order valence-corrected chi connectivity index (χ2v) is 3.99. The molecule has 2 aliphatic rings. The predicted molar refractivity (Wildman–Crippen MR) is 50.8 cm³/mol. The second-order valence-electron chi connectivity index (χ2n) is 3.99. The molecule has 0 radical (unpaired) electrons. The molecule has 0 N–H and O–H groups in total. The molecule has 3 heteroatoms. The molecule has 2 atom stereocenters. The molecule has 3 nitrogen and oxygen atoms in total. The van der Waals surface area contributed by atoms with Crippen molar-refractivity contribution in [2.24, 2.45) is 11.8 Å². The first-order valence-corrected chi connectivity index (χ1v) is 5.01. The van der Waals surface area contributed by atoms with E-state index in [4.69, 9.17) is 4.74 Å². The zero-order valence-electron chi connectivity index (χ0n) is 8.29. The van der Waals surface area contributed by atoms with Crippen LogP contribution in [0.5, 0.6) is 0 Å². The van der Waals surface area contributed by atoms with E-state index < -0.39 is 0 Å². The highest BCUT2D eigenvalue weighted by atomic mass is 16.5. The van der Waals surface area contributed by atoms with Crippen LogP contribution in [0.3, 0.4) is 0 Å². The van der Waals surface area contributed by atoms with E-state index in [1.807, 2.05) is 0 Å². The quantitative estimate of drug-likeness (QED) is 0.619. The largest absolute Gasteiger partial charge is 0.380 e. The van der Waals surface area contributed by atoms with Gasteiger partial charge in [-0.2, -0.15) is 0 Å². The molecule has 0 aromatic heterocycles. The fraction of sp³-hybridized carbons (Fsp3) is 0.636. The second kappa shape index (κ2) is 3.65. The van der Waals surface area contributed by atoms with Crippen molar-refractivity contribution in [3.05, 3.63) is 11.6 Å². The number of Topliss-reactive ketones (excluding diaryl/α,β-unsaturated/α-hetero) is 1. The number of hydrogen-bond acceptors (Lipinski definition) is 3. The Kier molecular flexibility index (Phi) is 2.50. The Morgan fingerprint density at radius 3 is 2.79 bits per heavy atom. The number of carbonyl (C=O) groups excluding carboxylic acids is 2. The zero-order chi connectivity index (χ0) is 10.1. The van der Waals surface area contributed by atoms with E-state index >= 15 is 0 Å².